The average molecular weight is 242 g/mol. The largest absolute Gasteiger partial charge is 0.468 e. The second kappa shape index (κ2) is 6.36. The van der Waals surface area contributed by atoms with Gasteiger partial charge in [0.15, 0.2) is 0 Å². The Kier molecular flexibility index (Phi) is 5.40. The molecule has 0 bridgehead atoms. The van der Waals surface area contributed by atoms with Gasteiger partial charge in [-0.2, -0.15) is 0 Å². The van der Waals surface area contributed by atoms with Crippen LogP contribution in [0.5, 0.6) is 0 Å². The Labute approximate surface area is 105 Å². The second-order valence-electron chi connectivity index (χ2n) is 5.38. The normalized spacial score (nSPS) is 24.6. The standard InChI is InChI=1S/C13H26N2O2/c1-5-7-14-13(3,12(16)17-4)10-15-8-6-11(2)9-15/h11,14H,5-10H2,1-4H3. The fraction of sp³-hybridized carbons (Fsp3) is 0.923. The number of nitrogens with zero attached hydrogens (tertiary/aromatic N) is 1. The van der Waals surface area contributed by atoms with Crippen molar-refractivity contribution in [2.24, 2.45) is 5.92 Å². The predicted octanol–water partition coefficient (Wildman–Crippen LogP) is 1.26. The van der Waals surface area contributed by atoms with Crippen molar-refractivity contribution >= 4 is 5.97 Å². The van der Waals surface area contributed by atoms with Gasteiger partial charge in [0.05, 0.1) is 7.11 Å². The van der Waals surface area contributed by atoms with Crippen LogP contribution in [-0.4, -0.2) is 49.7 Å². The molecule has 4 heteroatoms. The maximum Gasteiger partial charge on any atom is 0.327 e. The van der Waals surface area contributed by atoms with Crippen molar-refractivity contribution in [2.75, 3.05) is 33.3 Å². The van der Waals surface area contributed by atoms with Crippen LogP contribution in [0.4, 0.5) is 0 Å². The first-order valence-electron chi connectivity index (χ1n) is 6.57. The molecule has 0 spiro atoms. The van der Waals surface area contributed by atoms with E-state index in [1.54, 1.807) is 0 Å². The van der Waals surface area contributed by atoms with Crippen molar-refractivity contribution in [2.45, 2.75) is 39.2 Å². The fourth-order valence-corrected chi connectivity index (χ4v) is 2.44. The minimum absolute atomic E-state index is 0.162. The monoisotopic (exact) mass is 242 g/mol. The van der Waals surface area contributed by atoms with Gasteiger partial charge in [-0.1, -0.05) is 13.8 Å². The molecule has 4 nitrogen and oxygen atoms in total. The van der Waals surface area contributed by atoms with E-state index in [0.717, 1.165) is 38.5 Å². The summed E-state index contributed by atoms with van der Waals surface area (Å²) < 4.78 is 4.92. The van der Waals surface area contributed by atoms with E-state index >= 15 is 0 Å². The van der Waals surface area contributed by atoms with E-state index in [1.807, 2.05) is 6.92 Å². The summed E-state index contributed by atoms with van der Waals surface area (Å²) in [7, 11) is 1.46. The lowest BCUT2D eigenvalue weighted by Gasteiger charge is -2.32. The number of methoxy groups -OCH3 is 1. The van der Waals surface area contributed by atoms with Crippen LogP contribution in [0.1, 0.15) is 33.6 Å². The van der Waals surface area contributed by atoms with Gasteiger partial charge in [-0.3, -0.25) is 4.79 Å². The molecule has 1 rings (SSSR count). The molecule has 1 heterocycles. The first-order chi connectivity index (χ1) is 8.01. The lowest BCUT2D eigenvalue weighted by molar-refractivity contribution is -0.148. The number of hydrogen-bond donors (Lipinski definition) is 1. The minimum Gasteiger partial charge on any atom is -0.468 e. The van der Waals surface area contributed by atoms with Crippen molar-refractivity contribution in [1.29, 1.82) is 0 Å². The van der Waals surface area contributed by atoms with E-state index in [-0.39, 0.29) is 5.97 Å². The number of carbonyl (C=O) groups excluding carboxylic acids is 1. The molecule has 1 fully saturated rings. The Balaban J connectivity index is 2.59. The molecular formula is C13H26N2O2. The highest BCUT2D eigenvalue weighted by atomic mass is 16.5. The van der Waals surface area contributed by atoms with Gasteiger partial charge in [0, 0.05) is 13.1 Å². The van der Waals surface area contributed by atoms with E-state index in [9.17, 15) is 4.79 Å². The van der Waals surface area contributed by atoms with Gasteiger partial charge in [0.1, 0.15) is 5.54 Å². The molecule has 0 amide bonds. The van der Waals surface area contributed by atoms with E-state index in [4.69, 9.17) is 4.74 Å². The Bertz CT molecular complexity index is 258. The highest BCUT2D eigenvalue weighted by Crippen LogP contribution is 2.18. The topological polar surface area (TPSA) is 41.6 Å². The highest BCUT2D eigenvalue weighted by molar-refractivity contribution is 5.80. The van der Waals surface area contributed by atoms with Crippen molar-refractivity contribution in [3.05, 3.63) is 0 Å². The molecule has 17 heavy (non-hydrogen) atoms. The average Bonchev–Trinajstić information content (AvgIpc) is 2.70. The first kappa shape index (κ1) is 14.5. The summed E-state index contributed by atoms with van der Waals surface area (Å²) in [6.45, 7) is 10.1. The van der Waals surface area contributed by atoms with E-state index in [0.29, 0.717) is 0 Å². The number of esters is 1. The van der Waals surface area contributed by atoms with Crippen LogP contribution in [0.2, 0.25) is 0 Å². The molecule has 2 unspecified atom stereocenters. The minimum atomic E-state index is -0.575. The van der Waals surface area contributed by atoms with Gasteiger partial charge < -0.3 is 15.0 Å². The van der Waals surface area contributed by atoms with Crippen LogP contribution < -0.4 is 5.32 Å². The third-order valence-corrected chi connectivity index (χ3v) is 3.45. The van der Waals surface area contributed by atoms with Crippen LogP contribution in [0.25, 0.3) is 0 Å². The molecule has 1 aliphatic heterocycles. The highest BCUT2D eigenvalue weighted by Gasteiger charge is 2.37. The van der Waals surface area contributed by atoms with Gasteiger partial charge in [-0.15, -0.1) is 0 Å². The molecule has 0 aromatic heterocycles. The summed E-state index contributed by atoms with van der Waals surface area (Å²) in [5, 5.41) is 3.32. The molecule has 0 aromatic carbocycles. The summed E-state index contributed by atoms with van der Waals surface area (Å²) in [5.41, 5.74) is -0.575. The van der Waals surface area contributed by atoms with Gasteiger partial charge in [0.25, 0.3) is 0 Å². The van der Waals surface area contributed by atoms with E-state index < -0.39 is 5.54 Å². The smallest absolute Gasteiger partial charge is 0.327 e. The molecule has 0 radical (unpaired) electrons. The maximum absolute atomic E-state index is 11.9. The molecule has 1 aliphatic rings. The van der Waals surface area contributed by atoms with Crippen LogP contribution in [0, 0.1) is 5.92 Å². The maximum atomic E-state index is 11.9. The van der Waals surface area contributed by atoms with E-state index in [1.165, 1.54) is 13.5 Å². The Morgan fingerprint density at radius 2 is 2.29 bits per heavy atom. The van der Waals surface area contributed by atoms with Crippen LogP contribution in [0.15, 0.2) is 0 Å². The number of rotatable bonds is 6. The SMILES string of the molecule is CCCNC(C)(CN1CCC(C)C1)C(=O)OC. The van der Waals surface area contributed by atoms with Crippen LogP contribution >= 0.6 is 0 Å². The number of nitrogens with one attached hydrogen (secondary N) is 1. The molecular weight excluding hydrogens is 216 g/mol. The van der Waals surface area contributed by atoms with Gasteiger partial charge in [-0.25, -0.2) is 0 Å². The zero-order valence-corrected chi connectivity index (χ0v) is 11.6. The fourth-order valence-electron chi connectivity index (χ4n) is 2.44. The molecule has 1 saturated heterocycles. The van der Waals surface area contributed by atoms with Crippen molar-refractivity contribution in [1.82, 2.24) is 10.2 Å². The van der Waals surface area contributed by atoms with Crippen molar-refractivity contribution in [3.63, 3.8) is 0 Å². The molecule has 0 aromatic rings. The molecule has 1 N–H and O–H groups in total. The third-order valence-electron chi connectivity index (χ3n) is 3.45. The van der Waals surface area contributed by atoms with Gasteiger partial charge in [0.2, 0.25) is 0 Å². The molecule has 0 saturated carbocycles. The molecule has 2 atom stereocenters. The number of ether oxygens (including phenoxy) is 1. The third kappa shape index (κ3) is 3.96. The predicted molar refractivity (Wildman–Crippen MR) is 68.9 cm³/mol. The van der Waals surface area contributed by atoms with Crippen LogP contribution in [0.3, 0.4) is 0 Å². The number of hydrogen-bond acceptors (Lipinski definition) is 4. The Morgan fingerprint density at radius 3 is 2.76 bits per heavy atom. The Hall–Kier alpha value is -0.610. The quantitative estimate of drug-likeness (QED) is 0.712. The first-order valence-corrected chi connectivity index (χ1v) is 6.57. The summed E-state index contributed by atoms with van der Waals surface area (Å²) in [6.07, 6.45) is 2.24. The van der Waals surface area contributed by atoms with Crippen molar-refractivity contribution < 1.29 is 9.53 Å². The number of carbonyl (C=O) groups is 1. The lowest BCUT2D eigenvalue weighted by atomic mass is 10.0. The molecule has 0 aliphatic carbocycles. The second-order valence-corrected chi connectivity index (χ2v) is 5.38. The molecule has 100 valence electrons. The summed E-state index contributed by atoms with van der Waals surface area (Å²) in [5.74, 6) is 0.577. The van der Waals surface area contributed by atoms with Gasteiger partial charge >= 0.3 is 5.97 Å². The lowest BCUT2D eigenvalue weighted by Crippen LogP contribution is -2.57. The van der Waals surface area contributed by atoms with Gasteiger partial charge in [-0.05, 0) is 38.8 Å². The summed E-state index contributed by atoms with van der Waals surface area (Å²) >= 11 is 0. The van der Waals surface area contributed by atoms with E-state index in [2.05, 4.69) is 24.1 Å². The van der Waals surface area contributed by atoms with Crippen LogP contribution in [-0.2, 0) is 9.53 Å². The zero-order chi connectivity index (χ0) is 12.9. The summed E-state index contributed by atoms with van der Waals surface area (Å²) in [4.78, 5) is 14.2. The Morgan fingerprint density at radius 1 is 1.59 bits per heavy atom. The zero-order valence-electron chi connectivity index (χ0n) is 11.6. The number of likely N-dealkylation sites (tertiary alicyclic amines) is 1. The summed E-state index contributed by atoms with van der Waals surface area (Å²) in [6, 6.07) is 0. The van der Waals surface area contributed by atoms with Crippen molar-refractivity contribution in [3.8, 4) is 0 Å².